The number of hydrogen-bond donors (Lipinski definition) is 0. The first kappa shape index (κ1) is 11.7. The van der Waals surface area contributed by atoms with E-state index in [2.05, 4.69) is 0 Å². The van der Waals surface area contributed by atoms with E-state index in [0.29, 0.717) is 0 Å². The number of benzene rings is 1. The first-order valence-electron chi connectivity index (χ1n) is 3.03. The van der Waals surface area contributed by atoms with Gasteiger partial charge in [0.2, 0.25) is 0 Å². The molecule has 1 rings (SSSR count). The minimum absolute atomic E-state index is 0. The molecule has 0 N–H and O–H groups in total. The van der Waals surface area contributed by atoms with Crippen molar-refractivity contribution in [2.45, 2.75) is 11.8 Å². The standard InChI is InChI=1S/C7H8O3S.Li/c1-6-2-4-7(5-3-6)11(8,9)10;/h2-5H,1H3,(H,8,9,10);/q;+1/p-1. The summed E-state index contributed by atoms with van der Waals surface area (Å²) in [6.07, 6.45) is 0. The summed E-state index contributed by atoms with van der Waals surface area (Å²) in [6.45, 7) is 1.82. The molecule has 60 valence electrons. The zero-order valence-electron chi connectivity index (χ0n) is 6.94. The van der Waals surface area contributed by atoms with Gasteiger partial charge in [0.15, 0.2) is 0 Å². The molecule has 0 amide bonds. The molecule has 0 aliphatic heterocycles. The van der Waals surface area contributed by atoms with E-state index in [9.17, 15) is 13.0 Å². The van der Waals surface area contributed by atoms with E-state index in [1.165, 1.54) is 12.1 Å². The molecule has 0 saturated heterocycles. The molecule has 0 fully saturated rings. The monoisotopic (exact) mass is 178 g/mol. The van der Waals surface area contributed by atoms with Gasteiger partial charge in [0.05, 0.1) is 4.90 Å². The van der Waals surface area contributed by atoms with Crippen LogP contribution in [0.1, 0.15) is 5.56 Å². The summed E-state index contributed by atoms with van der Waals surface area (Å²) in [6, 6.07) is 5.78. The molecule has 0 unspecified atom stereocenters. The van der Waals surface area contributed by atoms with E-state index in [4.69, 9.17) is 0 Å². The molecule has 1 aromatic carbocycles. The summed E-state index contributed by atoms with van der Waals surface area (Å²) in [7, 11) is -4.27. The van der Waals surface area contributed by atoms with Crippen LogP contribution in [-0.2, 0) is 10.1 Å². The maximum atomic E-state index is 10.4. The maximum absolute atomic E-state index is 10.4. The van der Waals surface area contributed by atoms with Gasteiger partial charge in [-0.1, -0.05) is 17.7 Å². The van der Waals surface area contributed by atoms with E-state index in [-0.39, 0.29) is 23.8 Å². The van der Waals surface area contributed by atoms with Crippen molar-refractivity contribution in [3.63, 3.8) is 0 Å². The van der Waals surface area contributed by atoms with Gasteiger partial charge in [0.25, 0.3) is 0 Å². The number of hydrogen-bond acceptors (Lipinski definition) is 3. The van der Waals surface area contributed by atoms with Gasteiger partial charge in [-0.3, -0.25) is 0 Å². The predicted molar refractivity (Wildman–Crippen MR) is 39.1 cm³/mol. The van der Waals surface area contributed by atoms with Gasteiger partial charge >= 0.3 is 18.9 Å². The Morgan fingerprint density at radius 2 is 1.58 bits per heavy atom. The molecule has 5 heteroatoms. The molecule has 0 aromatic heterocycles. The van der Waals surface area contributed by atoms with Crippen LogP contribution >= 0.6 is 0 Å². The second kappa shape index (κ2) is 4.10. The summed E-state index contributed by atoms with van der Waals surface area (Å²) in [5, 5.41) is 0. The number of rotatable bonds is 1. The third kappa shape index (κ3) is 3.00. The van der Waals surface area contributed by atoms with E-state index in [1.807, 2.05) is 6.92 Å². The molecule has 0 saturated carbocycles. The van der Waals surface area contributed by atoms with Crippen LogP contribution < -0.4 is 18.9 Å². The fourth-order valence-corrected chi connectivity index (χ4v) is 1.17. The molecule has 1 aromatic rings. The van der Waals surface area contributed by atoms with E-state index in [1.54, 1.807) is 12.1 Å². The molecule has 0 radical (unpaired) electrons. The maximum Gasteiger partial charge on any atom is 1.00 e. The average Bonchev–Trinajstić information content (AvgIpc) is 1.86. The van der Waals surface area contributed by atoms with Gasteiger partial charge in [0, 0.05) is 0 Å². The van der Waals surface area contributed by atoms with Crippen LogP contribution in [0.2, 0.25) is 0 Å². The zero-order valence-corrected chi connectivity index (χ0v) is 7.76. The Bertz CT molecular complexity index is 341. The van der Waals surface area contributed by atoms with Crippen molar-refractivity contribution in [1.82, 2.24) is 0 Å². The third-order valence-corrected chi connectivity index (χ3v) is 2.16. The number of aryl methyl sites for hydroxylation is 1. The second-order valence-electron chi connectivity index (χ2n) is 2.27. The van der Waals surface area contributed by atoms with Gasteiger partial charge in [-0.05, 0) is 19.1 Å². The minimum Gasteiger partial charge on any atom is -0.744 e. The molecule has 12 heavy (non-hydrogen) atoms. The van der Waals surface area contributed by atoms with Crippen LogP contribution in [0.25, 0.3) is 0 Å². The molecule has 0 spiro atoms. The van der Waals surface area contributed by atoms with E-state index >= 15 is 0 Å². The zero-order chi connectivity index (χ0) is 8.48. The molecule has 0 heterocycles. The van der Waals surface area contributed by atoms with Crippen molar-refractivity contribution in [3.8, 4) is 0 Å². The Hall–Kier alpha value is -0.273. The third-order valence-electron chi connectivity index (χ3n) is 1.31. The Balaban J connectivity index is 0.00000121. The SMILES string of the molecule is Cc1ccc(S(=O)(=O)[O-])cc1.[Li+]. The average molecular weight is 178 g/mol. The van der Waals surface area contributed by atoms with Crippen molar-refractivity contribution in [1.29, 1.82) is 0 Å². The van der Waals surface area contributed by atoms with Crippen molar-refractivity contribution < 1.29 is 31.8 Å². The molecule has 0 bridgehead atoms. The Kier molecular flexibility index (Phi) is 4.01. The van der Waals surface area contributed by atoms with Crippen LogP contribution in [0.4, 0.5) is 0 Å². The van der Waals surface area contributed by atoms with E-state index in [0.717, 1.165) is 5.56 Å². The molecule has 0 atom stereocenters. The summed E-state index contributed by atoms with van der Waals surface area (Å²) in [5.41, 5.74) is 0.928. The van der Waals surface area contributed by atoms with E-state index < -0.39 is 10.1 Å². The minimum atomic E-state index is -4.27. The molecule has 3 nitrogen and oxygen atoms in total. The van der Waals surface area contributed by atoms with Gasteiger partial charge < -0.3 is 4.55 Å². The molecular weight excluding hydrogens is 171 g/mol. The fraction of sp³-hybridized carbons (Fsp3) is 0.143. The van der Waals surface area contributed by atoms with Gasteiger partial charge in [-0.15, -0.1) is 0 Å². The van der Waals surface area contributed by atoms with Crippen LogP contribution in [0.5, 0.6) is 0 Å². The summed E-state index contributed by atoms with van der Waals surface area (Å²) in [5.74, 6) is 0. The molecular formula is C7H7LiO3S. The quantitative estimate of drug-likeness (QED) is 0.366. The van der Waals surface area contributed by atoms with Gasteiger partial charge in [0.1, 0.15) is 10.1 Å². The summed E-state index contributed by atoms with van der Waals surface area (Å²) in [4.78, 5) is -0.178. The normalized spacial score (nSPS) is 10.5. The smallest absolute Gasteiger partial charge is 0.744 e. The van der Waals surface area contributed by atoms with Crippen LogP contribution in [0.3, 0.4) is 0 Å². The van der Waals surface area contributed by atoms with Crippen LogP contribution in [-0.4, -0.2) is 13.0 Å². The van der Waals surface area contributed by atoms with Crippen molar-refractivity contribution in [2.24, 2.45) is 0 Å². The Morgan fingerprint density at radius 3 is 1.92 bits per heavy atom. The Labute approximate surface area is 83.7 Å². The Morgan fingerprint density at radius 1 is 1.17 bits per heavy atom. The summed E-state index contributed by atoms with van der Waals surface area (Å²) < 4.78 is 31.2. The summed E-state index contributed by atoms with van der Waals surface area (Å²) >= 11 is 0. The van der Waals surface area contributed by atoms with Gasteiger partial charge in [-0.25, -0.2) is 8.42 Å². The largest absolute Gasteiger partial charge is 1.00 e. The van der Waals surface area contributed by atoms with Gasteiger partial charge in [-0.2, -0.15) is 0 Å². The van der Waals surface area contributed by atoms with Crippen molar-refractivity contribution in [2.75, 3.05) is 0 Å². The van der Waals surface area contributed by atoms with Crippen molar-refractivity contribution >= 4 is 10.1 Å². The first-order chi connectivity index (χ1) is 5.00. The van der Waals surface area contributed by atoms with Crippen LogP contribution in [0.15, 0.2) is 29.2 Å². The fourth-order valence-electron chi connectivity index (χ4n) is 0.705. The van der Waals surface area contributed by atoms with Crippen molar-refractivity contribution in [3.05, 3.63) is 29.8 Å². The topological polar surface area (TPSA) is 57.2 Å². The van der Waals surface area contributed by atoms with Crippen LogP contribution in [0, 0.1) is 6.92 Å². The first-order valence-corrected chi connectivity index (χ1v) is 4.43. The molecule has 0 aliphatic carbocycles. The molecule has 0 aliphatic rings. The second-order valence-corrected chi connectivity index (χ2v) is 3.65. The predicted octanol–water partition coefficient (Wildman–Crippen LogP) is -2.10.